The largest absolute Gasteiger partial charge is 0.258 e. The fourth-order valence-electron chi connectivity index (χ4n) is 8.37. The summed E-state index contributed by atoms with van der Waals surface area (Å²) >= 11 is 3.79. The number of aryl methyl sites for hydroxylation is 19. The van der Waals surface area contributed by atoms with Crippen LogP contribution in [0.4, 0.5) is 0 Å². The number of hydrogen-bond acceptors (Lipinski definition) is 11. The molecule has 0 aliphatic heterocycles. The van der Waals surface area contributed by atoms with Crippen molar-refractivity contribution >= 4 is 22.7 Å². The summed E-state index contributed by atoms with van der Waals surface area (Å²) in [7, 11) is 0. The number of aromatic nitrogens is 9. The maximum Gasteiger partial charge on any atom is 0.125 e. The fraction of sp³-hybridized carbons (Fsp3) is 0.500. The minimum absolute atomic E-state index is 0.862. The molecule has 81 heavy (non-hydrogen) atoms. The van der Waals surface area contributed by atoms with Gasteiger partial charge in [-0.15, -0.1) is 22.7 Å². The molecule has 0 spiro atoms. The Morgan fingerprint density at radius 2 is 0.259 bits per heavy atom. The highest BCUT2D eigenvalue weighted by molar-refractivity contribution is 7.12. The van der Waals surface area contributed by atoms with Crippen molar-refractivity contribution in [2.24, 2.45) is 0 Å². The molecular weight excluding hydrogens is 1030 g/mol. The lowest BCUT2D eigenvalue weighted by atomic mass is 10.0. The van der Waals surface area contributed by atoms with Gasteiger partial charge in [0.05, 0.1) is 0 Å². The Morgan fingerprint density at radius 1 is 0.136 bits per heavy atom. The van der Waals surface area contributed by atoms with E-state index in [0.29, 0.717) is 0 Å². The summed E-state index contributed by atoms with van der Waals surface area (Å²) in [5.41, 5.74) is 35.1. The molecule has 442 valence electrons. The molecule has 8 aromatic rings. The normalized spacial score (nSPS) is 10.2. The summed E-state index contributed by atoms with van der Waals surface area (Å²) in [5.74, 6) is 2.59. The molecule has 0 aliphatic carbocycles. The van der Waals surface area contributed by atoms with E-state index in [4.69, 9.17) is 0 Å². The third kappa shape index (κ3) is 21.4. The number of hydrogen-bond donors (Lipinski definition) is 0. The van der Waals surface area contributed by atoms with Crippen LogP contribution in [0.15, 0.2) is 0 Å². The minimum atomic E-state index is 0.862. The Labute approximate surface area is 501 Å². The smallest absolute Gasteiger partial charge is 0.125 e. The molecule has 9 nitrogen and oxygen atoms in total. The zero-order chi connectivity index (χ0) is 63.0. The second-order valence-electron chi connectivity index (χ2n) is 22.1. The summed E-state index contributed by atoms with van der Waals surface area (Å²) in [4.78, 5) is 44.5. The first-order valence-electron chi connectivity index (χ1n) is 28.3. The highest BCUT2D eigenvalue weighted by atomic mass is 32.1. The molecule has 0 amide bonds. The minimum Gasteiger partial charge on any atom is -0.258 e. The van der Waals surface area contributed by atoms with Crippen molar-refractivity contribution in [1.82, 2.24) is 44.9 Å². The lowest BCUT2D eigenvalue weighted by Gasteiger charge is -2.09. The summed E-state index contributed by atoms with van der Waals surface area (Å²) in [6.07, 6.45) is 0. The van der Waals surface area contributed by atoms with Gasteiger partial charge < -0.3 is 0 Å². The van der Waals surface area contributed by atoms with Crippen molar-refractivity contribution in [3.63, 3.8) is 0 Å². The lowest BCUT2D eigenvalue weighted by Crippen LogP contribution is -1.98. The predicted octanol–water partition coefficient (Wildman–Crippen LogP) is 19.0. The van der Waals surface area contributed by atoms with Crippen LogP contribution in [0.25, 0.3) is 0 Å². The monoisotopic (exact) mass is 1140 g/mol. The van der Waals surface area contributed by atoms with E-state index in [2.05, 4.69) is 204 Å². The molecule has 0 fully saturated rings. The summed E-state index contributed by atoms with van der Waals surface area (Å²) in [6, 6.07) is 0. The van der Waals surface area contributed by atoms with Gasteiger partial charge in [0.1, 0.15) is 17.5 Å². The first-order valence-corrected chi connectivity index (χ1v) is 30.0. The van der Waals surface area contributed by atoms with Gasteiger partial charge in [0, 0.05) is 87.8 Å². The van der Waals surface area contributed by atoms with Crippen LogP contribution < -0.4 is 0 Å². The van der Waals surface area contributed by atoms with Crippen molar-refractivity contribution in [3.05, 3.63) is 194 Å². The van der Waals surface area contributed by atoms with Crippen molar-refractivity contribution < 1.29 is 0 Å². The molecule has 0 saturated carbocycles. The number of nitrogens with zero attached hydrogens (tertiary/aromatic N) is 9. The molecule has 8 rings (SSSR count). The quantitative estimate of drug-likeness (QED) is 0.146. The molecule has 0 aromatic carbocycles. The second-order valence-corrected chi connectivity index (χ2v) is 25.0. The van der Waals surface area contributed by atoms with Gasteiger partial charge in [0.2, 0.25) is 0 Å². The van der Waals surface area contributed by atoms with Crippen molar-refractivity contribution in [2.75, 3.05) is 0 Å². The molecule has 0 radical (unpaired) electrons. The summed E-state index contributed by atoms with van der Waals surface area (Å²) in [5, 5.41) is 0. The van der Waals surface area contributed by atoms with Crippen LogP contribution in [0, 0.1) is 242 Å². The van der Waals surface area contributed by atoms with Gasteiger partial charge in [-0.25, -0.2) is 29.9 Å². The van der Waals surface area contributed by atoms with Gasteiger partial charge >= 0.3 is 0 Å². The maximum atomic E-state index is 4.43. The molecular formula is C70H105N9S2. The Morgan fingerprint density at radius 3 is 0.370 bits per heavy atom. The summed E-state index contributed by atoms with van der Waals surface area (Å²) in [6.45, 7) is 73.1. The van der Waals surface area contributed by atoms with E-state index in [1.165, 1.54) is 109 Å². The average Bonchev–Trinajstić information content (AvgIpc) is 3.76. The molecule has 0 N–H and O–H groups in total. The van der Waals surface area contributed by atoms with Crippen molar-refractivity contribution in [3.8, 4) is 0 Å². The van der Waals surface area contributed by atoms with Gasteiger partial charge in [-0.1, -0.05) is 0 Å². The predicted molar refractivity (Wildman–Crippen MR) is 353 cm³/mol. The van der Waals surface area contributed by atoms with E-state index in [0.717, 1.165) is 85.8 Å². The average molecular weight is 1140 g/mol. The Balaban J connectivity index is 0.000000463. The van der Waals surface area contributed by atoms with Gasteiger partial charge in [-0.2, -0.15) is 0 Å². The summed E-state index contributed by atoms with van der Waals surface area (Å²) < 4.78 is 0. The Bertz CT molecular complexity index is 2900. The third-order valence-corrected chi connectivity index (χ3v) is 19.2. The zero-order valence-electron chi connectivity index (χ0n) is 57.3. The van der Waals surface area contributed by atoms with Crippen LogP contribution in [-0.2, 0) is 0 Å². The number of pyridine rings is 3. The number of thiophene rings is 2. The van der Waals surface area contributed by atoms with E-state index in [1.54, 1.807) is 0 Å². The molecule has 0 aliphatic rings. The van der Waals surface area contributed by atoms with E-state index in [9.17, 15) is 0 Å². The van der Waals surface area contributed by atoms with E-state index >= 15 is 0 Å². The van der Waals surface area contributed by atoms with E-state index < -0.39 is 0 Å². The fourth-order valence-corrected chi connectivity index (χ4v) is 10.5. The first-order chi connectivity index (χ1) is 37.2. The van der Waals surface area contributed by atoms with Gasteiger partial charge in [-0.05, 0) is 331 Å². The maximum absolute atomic E-state index is 4.43. The first kappa shape index (κ1) is 73.1. The molecule has 0 bridgehead atoms. The van der Waals surface area contributed by atoms with Crippen LogP contribution in [0.3, 0.4) is 0 Å². The van der Waals surface area contributed by atoms with Gasteiger partial charge in [0.15, 0.2) is 0 Å². The second kappa shape index (κ2) is 32.7. The van der Waals surface area contributed by atoms with Crippen LogP contribution >= 0.6 is 22.7 Å². The van der Waals surface area contributed by atoms with Gasteiger partial charge in [0.25, 0.3) is 0 Å². The third-order valence-electron chi connectivity index (χ3n) is 16.7. The highest BCUT2D eigenvalue weighted by Crippen LogP contribution is 2.26. The Hall–Kier alpha value is -5.91. The SMILES string of the molecule is Cc1nc(C)c(C)c(C)c1C.Cc1nc(C)c(C)c(C)c1C.Cc1nc(C)c(C)c(C)c1C.Cc1nc(C)c(C)c(C)n1.Cc1nc(C)c(C)c(C)n1.Cc1nc(C)c(C)c(C)n1.Cc1sc(C)c(C)c1C.Cc1sc(C)c(C)c1C. The highest BCUT2D eigenvalue weighted by Gasteiger charge is 2.08. The molecule has 11 heteroatoms. The zero-order valence-corrected chi connectivity index (χ0v) is 59.0. The molecule has 0 unspecified atom stereocenters. The van der Waals surface area contributed by atoms with E-state index in [1.807, 2.05) is 106 Å². The Kier molecular flexibility index (Phi) is 29.5. The molecule has 8 heterocycles. The van der Waals surface area contributed by atoms with Gasteiger partial charge in [-0.3, -0.25) is 15.0 Å². The topological polar surface area (TPSA) is 116 Å². The standard InChI is InChI=1S/3C10H15N.3C8H12N2.2C8H12S/c3*1-6-7(2)9(4)11-10(5)8(6)3;3*1-5-6(2)9-8(4)10-7(5)3;2*1-5-6(2)8(4)9-7(5)3/h3*1-5H3;3*1-4H3;2*1-4H3. The number of rotatable bonds is 0. The molecule has 8 aromatic heterocycles. The lowest BCUT2D eigenvalue weighted by molar-refractivity contribution is 0.948. The van der Waals surface area contributed by atoms with Crippen LogP contribution in [0.5, 0.6) is 0 Å². The molecule has 0 atom stereocenters. The van der Waals surface area contributed by atoms with Crippen LogP contribution in [-0.4, -0.2) is 44.9 Å². The van der Waals surface area contributed by atoms with Crippen molar-refractivity contribution in [2.45, 2.75) is 242 Å². The molecule has 0 saturated heterocycles. The van der Waals surface area contributed by atoms with Crippen molar-refractivity contribution in [1.29, 1.82) is 0 Å². The van der Waals surface area contributed by atoms with E-state index in [-0.39, 0.29) is 0 Å². The van der Waals surface area contributed by atoms with Crippen LogP contribution in [0.2, 0.25) is 0 Å². The van der Waals surface area contributed by atoms with Crippen LogP contribution in [0.1, 0.15) is 194 Å².